The molecule has 0 aliphatic heterocycles. The summed E-state index contributed by atoms with van der Waals surface area (Å²) in [4.78, 5) is 0. The fraction of sp³-hybridized carbons (Fsp3) is 1.00. The molecule has 0 aromatic heterocycles. The molecule has 0 unspecified atom stereocenters. The number of hydrogen-bond acceptors (Lipinski definition) is 1. The summed E-state index contributed by atoms with van der Waals surface area (Å²) >= 11 is 2.10. The minimum atomic E-state index is 0.471. The molecule has 0 aliphatic carbocycles. The largest absolute Gasteiger partial charge is 0.153 e. The van der Waals surface area contributed by atoms with Crippen LogP contribution in [-0.4, -0.2) is 10.00 Å². The second kappa shape index (κ2) is 5.16. The standard InChI is InChI=1S/C11H24S/c1-9(2)7-8-11(5,6)12-10(3)4/h9-10H,7-8H2,1-6H3. The van der Waals surface area contributed by atoms with E-state index < -0.39 is 0 Å². The Labute approximate surface area is 82.5 Å². The van der Waals surface area contributed by atoms with Crippen LogP contribution in [0, 0.1) is 5.92 Å². The average Bonchev–Trinajstić information content (AvgIpc) is 1.81. The zero-order valence-corrected chi connectivity index (χ0v) is 10.3. The Hall–Kier alpha value is 0.350. The molecule has 0 saturated carbocycles. The van der Waals surface area contributed by atoms with E-state index in [4.69, 9.17) is 0 Å². The Morgan fingerprint density at radius 3 is 1.92 bits per heavy atom. The first kappa shape index (κ1) is 12.3. The highest BCUT2D eigenvalue weighted by molar-refractivity contribution is 8.01. The van der Waals surface area contributed by atoms with Crippen LogP contribution in [-0.2, 0) is 0 Å². The summed E-state index contributed by atoms with van der Waals surface area (Å²) in [5.74, 6) is 0.844. The zero-order valence-electron chi connectivity index (χ0n) is 9.48. The van der Waals surface area contributed by atoms with Gasteiger partial charge in [0.05, 0.1) is 0 Å². The lowest BCUT2D eigenvalue weighted by atomic mass is 10.0. The molecule has 0 N–H and O–H groups in total. The predicted octanol–water partition coefficient (Wildman–Crippen LogP) is 4.34. The van der Waals surface area contributed by atoms with E-state index in [0.717, 1.165) is 11.2 Å². The van der Waals surface area contributed by atoms with Crippen molar-refractivity contribution in [1.82, 2.24) is 0 Å². The lowest BCUT2D eigenvalue weighted by molar-refractivity contribution is 0.501. The van der Waals surface area contributed by atoms with Crippen LogP contribution < -0.4 is 0 Å². The topological polar surface area (TPSA) is 0 Å². The fourth-order valence-electron chi connectivity index (χ4n) is 1.33. The van der Waals surface area contributed by atoms with Gasteiger partial charge in [0.25, 0.3) is 0 Å². The van der Waals surface area contributed by atoms with Crippen molar-refractivity contribution >= 4 is 11.8 Å². The van der Waals surface area contributed by atoms with Gasteiger partial charge in [-0.3, -0.25) is 0 Å². The van der Waals surface area contributed by atoms with Gasteiger partial charge in [0.15, 0.2) is 0 Å². The van der Waals surface area contributed by atoms with E-state index in [0.29, 0.717) is 4.75 Å². The molecule has 0 saturated heterocycles. The Bertz CT molecular complexity index is 114. The quantitative estimate of drug-likeness (QED) is 0.618. The first-order valence-corrected chi connectivity index (χ1v) is 5.89. The third-order valence-corrected chi connectivity index (χ3v) is 3.19. The Morgan fingerprint density at radius 2 is 1.58 bits per heavy atom. The van der Waals surface area contributed by atoms with E-state index >= 15 is 0 Å². The number of hydrogen-bond donors (Lipinski definition) is 0. The van der Waals surface area contributed by atoms with Crippen molar-refractivity contribution < 1.29 is 0 Å². The third-order valence-electron chi connectivity index (χ3n) is 1.88. The summed E-state index contributed by atoms with van der Waals surface area (Å²) in [6, 6.07) is 0. The molecule has 0 amide bonds. The Balaban J connectivity index is 3.71. The molecule has 0 radical (unpaired) electrons. The minimum Gasteiger partial charge on any atom is -0.153 e. The molecule has 1 heteroatoms. The van der Waals surface area contributed by atoms with Gasteiger partial charge in [0.1, 0.15) is 0 Å². The lowest BCUT2D eigenvalue weighted by Gasteiger charge is -2.26. The second-order valence-corrected chi connectivity index (χ2v) is 7.14. The summed E-state index contributed by atoms with van der Waals surface area (Å²) in [5.41, 5.74) is 0. The molecule has 0 aromatic carbocycles. The lowest BCUT2D eigenvalue weighted by Crippen LogP contribution is -2.18. The van der Waals surface area contributed by atoms with Crippen LogP contribution in [0.25, 0.3) is 0 Å². The normalized spacial score (nSPS) is 13.0. The van der Waals surface area contributed by atoms with Crippen molar-refractivity contribution in [3.05, 3.63) is 0 Å². The molecule has 0 atom stereocenters. The minimum absolute atomic E-state index is 0.471. The van der Waals surface area contributed by atoms with Gasteiger partial charge in [-0.15, -0.1) is 0 Å². The van der Waals surface area contributed by atoms with Gasteiger partial charge in [-0.25, -0.2) is 0 Å². The van der Waals surface area contributed by atoms with Gasteiger partial charge >= 0.3 is 0 Å². The van der Waals surface area contributed by atoms with Crippen LogP contribution in [0.1, 0.15) is 54.4 Å². The average molecular weight is 188 g/mol. The first-order valence-electron chi connectivity index (χ1n) is 5.01. The molecule has 12 heavy (non-hydrogen) atoms. The van der Waals surface area contributed by atoms with Crippen LogP contribution in [0.4, 0.5) is 0 Å². The highest BCUT2D eigenvalue weighted by Crippen LogP contribution is 2.33. The second-order valence-electron chi connectivity index (χ2n) is 4.86. The molecule has 74 valence electrons. The Kier molecular flexibility index (Phi) is 5.31. The van der Waals surface area contributed by atoms with E-state index in [9.17, 15) is 0 Å². The van der Waals surface area contributed by atoms with Crippen LogP contribution in [0.2, 0.25) is 0 Å². The van der Waals surface area contributed by atoms with Crippen LogP contribution in [0.15, 0.2) is 0 Å². The third kappa shape index (κ3) is 7.02. The highest BCUT2D eigenvalue weighted by atomic mass is 32.2. The van der Waals surface area contributed by atoms with E-state index in [-0.39, 0.29) is 0 Å². The van der Waals surface area contributed by atoms with Gasteiger partial charge in [-0.2, -0.15) is 11.8 Å². The molecule has 0 rings (SSSR count). The van der Waals surface area contributed by atoms with E-state index in [1.54, 1.807) is 0 Å². The summed E-state index contributed by atoms with van der Waals surface area (Å²) in [5, 5.41) is 0.757. The molecule has 0 nitrogen and oxygen atoms in total. The van der Waals surface area contributed by atoms with Gasteiger partial charge < -0.3 is 0 Å². The van der Waals surface area contributed by atoms with Gasteiger partial charge in [-0.05, 0) is 24.0 Å². The molecule has 0 fully saturated rings. The maximum Gasteiger partial charge on any atom is 0.0106 e. The molecule has 0 heterocycles. The summed E-state index contributed by atoms with van der Waals surface area (Å²) in [7, 11) is 0. The molecule has 0 spiro atoms. The number of rotatable bonds is 5. The van der Waals surface area contributed by atoms with Crippen molar-refractivity contribution in [3.63, 3.8) is 0 Å². The zero-order chi connectivity index (χ0) is 9.78. The van der Waals surface area contributed by atoms with Crippen molar-refractivity contribution in [2.24, 2.45) is 5.92 Å². The highest BCUT2D eigenvalue weighted by Gasteiger charge is 2.19. The van der Waals surface area contributed by atoms with Crippen LogP contribution in [0.3, 0.4) is 0 Å². The van der Waals surface area contributed by atoms with Crippen molar-refractivity contribution in [3.8, 4) is 0 Å². The number of thioether (sulfide) groups is 1. The summed E-state index contributed by atoms with van der Waals surface area (Å²) < 4.78 is 0.471. The maximum atomic E-state index is 2.36. The smallest absolute Gasteiger partial charge is 0.0106 e. The van der Waals surface area contributed by atoms with Crippen molar-refractivity contribution in [1.29, 1.82) is 0 Å². The van der Waals surface area contributed by atoms with Crippen molar-refractivity contribution in [2.45, 2.75) is 64.4 Å². The molecule has 0 aliphatic rings. The summed E-state index contributed by atoms with van der Waals surface area (Å²) in [6.07, 6.45) is 2.69. The van der Waals surface area contributed by atoms with Crippen LogP contribution >= 0.6 is 11.8 Å². The molecule has 0 aromatic rings. The Morgan fingerprint density at radius 1 is 1.08 bits per heavy atom. The van der Waals surface area contributed by atoms with Crippen molar-refractivity contribution in [2.75, 3.05) is 0 Å². The predicted molar refractivity (Wildman–Crippen MR) is 60.9 cm³/mol. The SMILES string of the molecule is CC(C)CCC(C)(C)SC(C)C. The fourth-order valence-corrected chi connectivity index (χ4v) is 2.85. The molecular weight excluding hydrogens is 164 g/mol. The van der Waals surface area contributed by atoms with E-state index in [1.807, 2.05) is 0 Å². The monoisotopic (exact) mass is 188 g/mol. The summed E-state index contributed by atoms with van der Waals surface area (Å²) in [6.45, 7) is 13.9. The van der Waals surface area contributed by atoms with Gasteiger partial charge in [0, 0.05) is 4.75 Å². The van der Waals surface area contributed by atoms with E-state index in [1.165, 1.54) is 12.8 Å². The van der Waals surface area contributed by atoms with E-state index in [2.05, 4.69) is 53.3 Å². The van der Waals surface area contributed by atoms with Gasteiger partial charge in [-0.1, -0.05) is 41.5 Å². The van der Waals surface area contributed by atoms with Crippen LogP contribution in [0.5, 0.6) is 0 Å². The molecule has 0 bridgehead atoms. The van der Waals surface area contributed by atoms with Gasteiger partial charge in [0.2, 0.25) is 0 Å². The molecular formula is C11H24S. The maximum absolute atomic E-state index is 2.36. The first-order chi connectivity index (χ1) is 5.33.